The van der Waals surface area contributed by atoms with Gasteiger partial charge in [0.1, 0.15) is 0 Å². The van der Waals surface area contributed by atoms with Gasteiger partial charge in [0.15, 0.2) is 5.82 Å². The molecule has 0 N–H and O–H groups in total. The third-order valence-electron chi connectivity index (χ3n) is 2.73. The van der Waals surface area contributed by atoms with Crippen LogP contribution in [-0.4, -0.2) is 14.8 Å². The Bertz CT molecular complexity index is 517. The largest absolute Gasteiger partial charge is 0.236 e. The molecule has 0 amide bonds. The number of pyridine rings is 1. The summed E-state index contributed by atoms with van der Waals surface area (Å²) in [4.78, 5) is 4.35. The van der Waals surface area contributed by atoms with Gasteiger partial charge in [-0.3, -0.25) is 0 Å². The third kappa shape index (κ3) is 1.78. The van der Waals surface area contributed by atoms with Gasteiger partial charge in [-0.1, -0.05) is 6.92 Å². The number of halogens is 1. The molecule has 0 unspecified atom stereocenters. The van der Waals surface area contributed by atoms with Crippen LogP contribution in [0.1, 0.15) is 23.9 Å². The van der Waals surface area contributed by atoms with Gasteiger partial charge in [0.25, 0.3) is 0 Å². The summed E-state index contributed by atoms with van der Waals surface area (Å²) in [6, 6.07) is 3.88. The van der Waals surface area contributed by atoms with E-state index in [9.17, 15) is 0 Å². The van der Waals surface area contributed by atoms with E-state index in [1.165, 1.54) is 11.3 Å². The molecular weight excluding hydrogens is 266 g/mol. The van der Waals surface area contributed by atoms with E-state index >= 15 is 0 Å². The highest BCUT2D eigenvalue weighted by atomic mass is 79.9. The van der Waals surface area contributed by atoms with E-state index in [-0.39, 0.29) is 0 Å². The molecule has 0 bridgehead atoms. The molecular formula is C12H14BrN3. The Morgan fingerprint density at radius 1 is 1.38 bits per heavy atom. The summed E-state index contributed by atoms with van der Waals surface area (Å²) in [5.41, 5.74) is 3.55. The van der Waals surface area contributed by atoms with Crippen LogP contribution in [0.4, 0.5) is 0 Å². The van der Waals surface area contributed by atoms with Crippen molar-refractivity contribution in [2.45, 2.75) is 27.2 Å². The van der Waals surface area contributed by atoms with Gasteiger partial charge < -0.3 is 0 Å². The normalized spacial score (nSPS) is 10.8. The van der Waals surface area contributed by atoms with Crippen LogP contribution in [0.5, 0.6) is 0 Å². The zero-order valence-corrected chi connectivity index (χ0v) is 11.2. The zero-order chi connectivity index (χ0) is 11.7. The molecule has 0 radical (unpaired) electrons. The smallest absolute Gasteiger partial charge is 0.167 e. The van der Waals surface area contributed by atoms with E-state index in [1.54, 1.807) is 6.20 Å². The molecule has 0 aliphatic rings. The third-order valence-corrected chi connectivity index (χ3v) is 3.35. The van der Waals surface area contributed by atoms with Crippen molar-refractivity contribution in [2.75, 3.05) is 0 Å². The molecule has 0 aliphatic heterocycles. The van der Waals surface area contributed by atoms with Crippen molar-refractivity contribution in [3.63, 3.8) is 0 Å². The van der Waals surface area contributed by atoms with Crippen molar-refractivity contribution < 1.29 is 0 Å². The van der Waals surface area contributed by atoms with E-state index < -0.39 is 0 Å². The number of hydrogen-bond acceptors (Lipinski definition) is 2. The van der Waals surface area contributed by atoms with Gasteiger partial charge in [-0.2, -0.15) is 5.10 Å². The lowest BCUT2D eigenvalue weighted by Crippen LogP contribution is -2.02. The second-order valence-electron chi connectivity index (χ2n) is 3.72. The average Bonchev–Trinajstić information content (AvgIpc) is 2.55. The van der Waals surface area contributed by atoms with Crippen LogP contribution in [0.3, 0.4) is 0 Å². The van der Waals surface area contributed by atoms with E-state index in [0.29, 0.717) is 0 Å². The number of hydrogen-bond donors (Lipinski definition) is 0. The van der Waals surface area contributed by atoms with Crippen LogP contribution >= 0.6 is 15.9 Å². The molecule has 0 aliphatic carbocycles. The molecule has 84 valence electrons. The fraction of sp³-hybridized carbons (Fsp3) is 0.333. The average molecular weight is 280 g/mol. The van der Waals surface area contributed by atoms with Gasteiger partial charge in [0.2, 0.25) is 0 Å². The van der Waals surface area contributed by atoms with Crippen LogP contribution in [-0.2, 0) is 6.42 Å². The maximum absolute atomic E-state index is 4.54. The SMILES string of the molecule is CCc1c(C)nn(-c2ncccc2Br)c1C. The topological polar surface area (TPSA) is 30.7 Å². The van der Waals surface area contributed by atoms with Crippen molar-refractivity contribution in [2.24, 2.45) is 0 Å². The molecule has 0 saturated carbocycles. The first-order valence-electron chi connectivity index (χ1n) is 5.31. The molecule has 4 heteroatoms. The van der Waals surface area contributed by atoms with Crippen LogP contribution in [0, 0.1) is 13.8 Å². The minimum Gasteiger partial charge on any atom is -0.236 e. The Morgan fingerprint density at radius 3 is 2.69 bits per heavy atom. The first kappa shape index (κ1) is 11.3. The molecule has 2 aromatic heterocycles. The van der Waals surface area contributed by atoms with Crippen molar-refractivity contribution in [1.82, 2.24) is 14.8 Å². The summed E-state index contributed by atoms with van der Waals surface area (Å²) in [6.45, 7) is 6.27. The van der Waals surface area contributed by atoms with Crippen molar-refractivity contribution >= 4 is 15.9 Å². The summed E-state index contributed by atoms with van der Waals surface area (Å²) in [5.74, 6) is 0.850. The van der Waals surface area contributed by atoms with Crippen molar-refractivity contribution in [3.8, 4) is 5.82 Å². The van der Waals surface area contributed by atoms with E-state index in [2.05, 4.69) is 39.9 Å². The molecule has 3 nitrogen and oxygen atoms in total. The van der Waals surface area contributed by atoms with Gasteiger partial charge in [-0.15, -0.1) is 0 Å². The van der Waals surface area contributed by atoms with Crippen LogP contribution < -0.4 is 0 Å². The van der Waals surface area contributed by atoms with Gasteiger partial charge >= 0.3 is 0 Å². The molecule has 0 fully saturated rings. The first-order chi connectivity index (χ1) is 7.65. The van der Waals surface area contributed by atoms with E-state index in [4.69, 9.17) is 0 Å². The van der Waals surface area contributed by atoms with Crippen molar-refractivity contribution in [3.05, 3.63) is 39.8 Å². The fourth-order valence-electron chi connectivity index (χ4n) is 1.93. The molecule has 16 heavy (non-hydrogen) atoms. The van der Waals surface area contributed by atoms with Gasteiger partial charge in [-0.05, 0) is 53.9 Å². The lowest BCUT2D eigenvalue weighted by molar-refractivity contribution is 0.801. The maximum Gasteiger partial charge on any atom is 0.167 e. The first-order valence-corrected chi connectivity index (χ1v) is 6.10. The minimum absolute atomic E-state index is 0.850. The Kier molecular flexibility index (Phi) is 3.10. The number of aryl methyl sites for hydroxylation is 1. The van der Waals surface area contributed by atoms with Gasteiger partial charge in [0, 0.05) is 11.9 Å². The van der Waals surface area contributed by atoms with Crippen LogP contribution in [0.2, 0.25) is 0 Å². The Balaban J connectivity index is 2.62. The predicted octanol–water partition coefficient (Wildman–Crippen LogP) is 3.21. The lowest BCUT2D eigenvalue weighted by atomic mass is 10.1. The second kappa shape index (κ2) is 4.37. The van der Waals surface area contributed by atoms with Crippen LogP contribution in [0.25, 0.3) is 5.82 Å². The summed E-state index contributed by atoms with van der Waals surface area (Å²) in [5, 5.41) is 4.54. The second-order valence-corrected chi connectivity index (χ2v) is 4.58. The van der Waals surface area contributed by atoms with Gasteiger partial charge in [0.05, 0.1) is 10.2 Å². The quantitative estimate of drug-likeness (QED) is 0.845. The highest BCUT2D eigenvalue weighted by Crippen LogP contribution is 2.22. The molecule has 0 atom stereocenters. The molecule has 2 aromatic rings. The monoisotopic (exact) mass is 279 g/mol. The molecule has 2 heterocycles. The Morgan fingerprint density at radius 2 is 2.12 bits per heavy atom. The highest BCUT2D eigenvalue weighted by molar-refractivity contribution is 9.10. The van der Waals surface area contributed by atoms with E-state index in [0.717, 1.165) is 22.4 Å². The zero-order valence-electron chi connectivity index (χ0n) is 9.66. The summed E-state index contributed by atoms with van der Waals surface area (Å²) in [6.07, 6.45) is 2.78. The summed E-state index contributed by atoms with van der Waals surface area (Å²) in [7, 11) is 0. The van der Waals surface area contributed by atoms with Gasteiger partial charge in [-0.25, -0.2) is 9.67 Å². The summed E-state index contributed by atoms with van der Waals surface area (Å²) < 4.78 is 2.86. The predicted molar refractivity (Wildman–Crippen MR) is 67.9 cm³/mol. The maximum atomic E-state index is 4.54. The van der Waals surface area contributed by atoms with Crippen LogP contribution in [0.15, 0.2) is 22.8 Å². The highest BCUT2D eigenvalue weighted by Gasteiger charge is 2.13. The fourth-order valence-corrected chi connectivity index (χ4v) is 2.35. The number of aromatic nitrogens is 3. The molecule has 0 spiro atoms. The molecule has 0 aromatic carbocycles. The minimum atomic E-state index is 0.850. The number of rotatable bonds is 2. The molecule has 2 rings (SSSR count). The summed E-state index contributed by atoms with van der Waals surface area (Å²) >= 11 is 3.50. The Labute approximate surface area is 104 Å². The standard InChI is InChI=1S/C12H14BrN3/c1-4-10-8(2)15-16(9(10)3)12-11(13)6-5-7-14-12/h5-7H,4H2,1-3H3. The van der Waals surface area contributed by atoms with Crippen molar-refractivity contribution in [1.29, 1.82) is 0 Å². The number of nitrogens with zero attached hydrogens (tertiary/aromatic N) is 3. The lowest BCUT2D eigenvalue weighted by Gasteiger charge is -2.05. The Hall–Kier alpha value is -1.16. The molecule has 0 saturated heterocycles. The van der Waals surface area contributed by atoms with E-state index in [1.807, 2.05) is 23.7 Å².